The molecule has 10 heteroatoms. The number of ether oxygens (including phenoxy) is 3. The Hall–Kier alpha value is -3.53. The van der Waals surface area contributed by atoms with Crippen molar-refractivity contribution in [3.05, 3.63) is 59.8 Å². The van der Waals surface area contributed by atoms with Gasteiger partial charge in [-0.3, -0.25) is 4.79 Å². The number of rotatable bonds is 8. The van der Waals surface area contributed by atoms with Gasteiger partial charge in [-0.15, -0.1) is 0 Å². The lowest BCUT2D eigenvalue weighted by molar-refractivity contribution is -0.118. The monoisotopic (exact) mass is 457 g/mol. The molecule has 0 unspecified atom stereocenters. The van der Waals surface area contributed by atoms with Gasteiger partial charge in [-0.25, -0.2) is 13.1 Å². The Bertz CT molecular complexity index is 1220. The minimum atomic E-state index is -3.28. The average molecular weight is 458 g/mol. The molecule has 0 saturated carbocycles. The van der Waals surface area contributed by atoms with Gasteiger partial charge in [-0.2, -0.15) is 5.10 Å². The van der Waals surface area contributed by atoms with Crippen LogP contribution in [0.3, 0.4) is 0 Å². The highest BCUT2D eigenvalue weighted by Gasteiger charge is 2.33. The molecule has 0 radical (unpaired) electrons. The van der Waals surface area contributed by atoms with E-state index in [1.807, 2.05) is 6.92 Å². The zero-order chi connectivity index (χ0) is 22.7. The molecule has 1 N–H and O–H groups in total. The number of methoxy groups -OCH3 is 1. The van der Waals surface area contributed by atoms with Crippen molar-refractivity contribution in [2.75, 3.05) is 25.6 Å². The van der Waals surface area contributed by atoms with Crippen molar-refractivity contribution in [1.82, 2.24) is 9.78 Å². The minimum Gasteiger partial charge on any atom is -0.497 e. The van der Waals surface area contributed by atoms with E-state index in [1.165, 1.54) is 4.68 Å². The van der Waals surface area contributed by atoms with Gasteiger partial charge in [0, 0.05) is 5.56 Å². The normalized spacial score (nSPS) is 13.9. The second-order valence-electron chi connectivity index (χ2n) is 7.16. The van der Waals surface area contributed by atoms with Crippen LogP contribution in [0.25, 0.3) is 5.69 Å². The fraction of sp³-hybridized carbons (Fsp3) is 0.273. The molecule has 0 bridgehead atoms. The Kier molecular flexibility index (Phi) is 6.04. The summed E-state index contributed by atoms with van der Waals surface area (Å²) in [5.74, 6) is 1.47. The summed E-state index contributed by atoms with van der Waals surface area (Å²) in [6.07, 6.45) is 0. The van der Waals surface area contributed by atoms with Crippen molar-refractivity contribution in [2.24, 2.45) is 0 Å². The van der Waals surface area contributed by atoms with Crippen LogP contribution in [0.15, 0.2) is 48.5 Å². The lowest BCUT2D eigenvalue weighted by Crippen LogP contribution is -2.22. The summed E-state index contributed by atoms with van der Waals surface area (Å²) in [4.78, 5) is 12.6. The molecular weight excluding hydrogens is 434 g/mol. The number of amides is 1. The fourth-order valence-electron chi connectivity index (χ4n) is 3.40. The molecule has 1 amide bonds. The van der Waals surface area contributed by atoms with Gasteiger partial charge in [-0.1, -0.05) is 0 Å². The summed E-state index contributed by atoms with van der Waals surface area (Å²) in [7, 11) is -1.72. The largest absolute Gasteiger partial charge is 0.497 e. The van der Waals surface area contributed by atoms with Gasteiger partial charge in [0.25, 0.3) is 5.91 Å². The number of sulfone groups is 1. The molecule has 9 nitrogen and oxygen atoms in total. The summed E-state index contributed by atoms with van der Waals surface area (Å²) >= 11 is 0. The maximum atomic E-state index is 12.6. The maximum Gasteiger partial charge on any atom is 0.263 e. The number of anilines is 1. The molecule has 168 valence electrons. The summed E-state index contributed by atoms with van der Waals surface area (Å²) in [5.41, 5.74) is 1.60. The van der Waals surface area contributed by atoms with Crippen molar-refractivity contribution in [2.45, 2.75) is 18.4 Å². The van der Waals surface area contributed by atoms with Gasteiger partial charge in [0.05, 0.1) is 36.6 Å². The van der Waals surface area contributed by atoms with Crippen LogP contribution in [-0.2, 0) is 26.1 Å². The van der Waals surface area contributed by atoms with Gasteiger partial charge in [0.1, 0.15) is 23.1 Å². The van der Waals surface area contributed by atoms with Crippen LogP contribution in [0, 0.1) is 0 Å². The average Bonchev–Trinajstić information content (AvgIpc) is 3.26. The smallest absolute Gasteiger partial charge is 0.263 e. The molecule has 0 spiro atoms. The molecule has 0 saturated heterocycles. The van der Waals surface area contributed by atoms with E-state index in [1.54, 1.807) is 55.6 Å². The van der Waals surface area contributed by atoms with Gasteiger partial charge in [0.15, 0.2) is 16.4 Å². The van der Waals surface area contributed by atoms with Crippen LogP contribution in [0.5, 0.6) is 17.2 Å². The number of hydrogen-bond donors (Lipinski definition) is 1. The van der Waals surface area contributed by atoms with Gasteiger partial charge < -0.3 is 19.5 Å². The number of fused-ring (bicyclic) bond motifs is 1. The van der Waals surface area contributed by atoms with Crippen molar-refractivity contribution < 1.29 is 27.4 Å². The third-order valence-electron chi connectivity index (χ3n) is 4.87. The van der Waals surface area contributed by atoms with Gasteiger partial charge in [-0.05, 0) is 55.5 Å². The van der Waals surface area contributed by atoms with Crippen LogP contribution in [0.2, 0.25) is 0 Å². The van der Waals surface area contributed by atoms with E-state index in [9.17, 15) is 13.2 Å². The molecule has 2 aromatic carbocycles. The predicted molar refractivity (Wildman–Crippen MR) is 118 cm³/mol. The Morgan fingerprint density at radius 2 is 1.62 bits per heavy atom. The number of nitrogens with one attached hydrogen (secondary N) is 1. The second kappa shape index (κ2) is 8.91. The van der Waals surface area contributed by atoms with Gasteiger partial charge >= 0.3 is 0 Å². The molecule has 3 aromatic rings. The van der Waals surface area contributed by atoms with E-state index in [2.05, 4.69) is 10.4 Å². The molecule has 0 aliphatic carbocycles. The van der Waals surface area contributed by atoms with Crippen molar-refractivity contribution in [3.63, 3.8) is 0 Å². The number of benzene rings is 2. The highest BCUT2D eigenvalue weighted by atomic mass is 32.2. The molecule has 1 aromatic heterocycles. The first-order chi connectivity index (χ1) is 15.4. The Morgan fingerprint density at radius 1 is 1.00 bits per heavy atom. The standard InChI is InChI=1S/C22H23N3O6S/c1-3-30-17-8-10-18(11-9-17)31-12-21(26)23-22-19-13-32(27,28)14-20(19)24-25(22)15-4-6-16(29-2)7-5-15/h4-11H,3,12-14H2,1-2H3,(H,23,26). The van der Waals surface area contributed by atoms with Crippen LogP contribution in [0.4, 0.5) is 5.82 Å². The van der Waals surface area contributed by atoms with Crippen LogP contribution in [-0.4, -0.2) is 44.4 Å². The van der Waals surface area contributed by atoms with E-state index in [-0.39, 0.29) is 18.1 Å². The lowest BCUT2D eigenvalue weighted by Gasteiger charge is -2.12. The zero-order valence-corrected chi connectivity index (χ0v) is 18.5. The van der Waals surface area contributed by atoms with Crippen molar-refractivity contribution in [1.29, 1.82) is 0 Å². The van der Waals surface area contributed by atoms with Crippen LogP contribution < -0.4 is 19.5 Å². The van der Waals surface area contributed by atoms with E-state index in [4.69, 9.17) is 14.2 Å². The maximum absolute atomic E-state index is 12.6. The molecule has 32 heavy (non-hydrogen) atoms. The molecule has 1 aliphatic heterocycles. The molecule has 0 atom stereocenters. The molecule has 2 heterocycles. The van der Waals surface area contributed by atoms with Crippen LogP contribution in [0.1, 0.15) is 18.2 Å². The van der Waals surface area contributed by atoms with E-state index in [0.29, 0.717) is 46.6 Å². The number of carbonyl (C=O) groups is 1. The van der Waals surface area contributed by atoms with Crippen LogP contribution >= 0.6 is 0 Å². The van der Waals surface area contributed by atoms with Crippen molar-refractivity contribution >= 4 is 21.6 Å². The summed E-state index contributed by atoms with van der Waals surface area (Å²) < 4.78 is 41.8. The Morgan fingerprint density at radius 3 is 2.25 bits per heavy atom. The third-order valence-corrected chi connectivity index (χ3v) is 6.31. The lowest BCUT2D eigenvalue weighted by atomic mass is 10.2. The Balaban J connectivity index is 1.53. The zero-order valence-electron chi connectivity index (χ0n) is 17.7. The first kappa shape index (κ1) is 21.7. The number of nitrogens with zero attached hydrogens (tertiary/aromatic N) is 2. The van der Waals surface area contributed by atoms with E-state index in [0.717, 1.165) is 0 Å². The fourth-order valence-corrected chi connectivity index (χ4v) is 4.89. The second-order valence-corrected chi connectivity index (χ2v) is 9.22. The highest BCUT2D eigenvalue weighted by Crippen LogP contribution is 2.33. The quantitative estimate of drug-likeness (QED) is 0.554. The first-order valence-corrected chi connectivity index (χ1v) is 11.8. The number of aromatic nitrogens is 2. The summed E-state index contributed by atoms with van der Waals surface area (Å²) in [6, 6.07) is 14.0. The first-order valence-electron chi connectivity index (χ1n) is 9.99. The summed E-state index contributed by atoms with van der Waals surface area (Å²) in [6.45, 7) is 2.21. The SMILES string of the molecule is CCOc1ccc(OCC(=O)Nc2c3c(nn2-c2ccc(OC)cc2)CS(=O)(=O)C3)cc1. The number of carbonyl (C=O) groups excluding carboxylic acids is 1. The topological polar surface area (TPSA) is 109 Å². The minimum absolute atomic E-state index is 0.156. The van der Waals surface area contributed by atoms with E-state index >= 15 is 0 Å². The predicted octanol–water partition coefficient (Wildman–Crippen LogP) is 2.73. The number of hydrogen-bond acceptors (Lipinski definition) is 7. The highest BCUT2D eigenvalue weighted by molar-refractivity contribution is 7.90. The van der Waals surface area contributed by atoms with Gasteiger partial charge in [0.2, 0.25) is 0 Å². The van der Waals surface area contributed by atoms with E-state index < -0.39 is 15.7 Å². The molecular formula is C22H23N3O6S. The molecule has 4 rings (SSSR count). The Labute approximate surface area is 185 Å². The molecule has 1 aliphatic rings. The molecule has 0 fully saturated rings. The third kappa shape index (κ3) is 4.70. The van der Waals surface area contributed by atoms with Crippen molar-refractivity contribution in [3.8, 4) is 22.9 Å². The summed E-state index contributed by atoms with van der Waals surface area (Å²) in [5, 5.41) is 7.21.